The Kier molecular flexibility index (Phi) is 2.32. The smallest absolute Gasteiger partial charge is 0.0210 e. The van der Waals surface area contributed by atoms with E-state index in [9.17, 15) is 0 Å². The maximum absolute atomic E-state index is 3.41. The van der Waals surface area contributed by atoms with Gasteiger partial charge in [-0.25, -0.2) is 0 Å². The lowest BCUT2D eigenvalue weighted by Crippen LogP contribution is -2.22. The Balaban J connectivity index is 2.38. The van der Waals surface area contributed by atoms with Gasteiger partial charge in [-0.1, -0.05) is 44.2 Å². The molecule has 17 heavy (non-hydrogen) atoms. The topological polar surface area (TPSA) is 0 Å². The fraction of sp³-hybridized carbons (Fsp3) is 0.294. The van der Waals surface area contributed by atoms with Crippen LogP contribution < -0.4 is 0 Å². The first kappa shape index (κ1) is 10.6. The first-order chi connectivity index (χ1) is 8.33. The van der Waals surface area contributed by atoms with Gasteiger partial charge in [-0.05, 0) is 53.3 Å². The highest BCUT2D eigenvalue weighted by atomic mass is 14.4. The second-order valence-corrected chi connectivity index (χ2v) is 4.72. The SMILES string of the molecule is CCC1(CC)c2ccc[c]c2-c2cc[c]cc21. The van der Waals surface area contributed by atoms with E-state index in [1.54, 1.807) is 0 Å². The van der Waals surface area contributed by atoms with E-state index in [1.165, 1.54) is 22.3 Å². The van der Waals surface area contributed by atoms with Crippen molar-refractivity contribution in [2.24, 2.45) is 0 Å². The minimum atomic E-state index is 0.181. The van der Waals surface area contributed by atoms with Gasteiger partial charge in [0.1, 0.15) is 0 Å². The molecule has 0 heterocycles. The third kappa shape index (κ3) is 1.24. The monoisotopic (exact) mass is 220 g/mol. The van der Waals surface area contributed by atoms with Crippen LogP contribution >= 0.6 is 0 Å². The third-order valence-electron chi connectivity index (χ3n) is 4.23. The predicted octanol–water partition coefficient (Wildman–Crippen LogP) is 4.37. The van der Waals surface area contributed by atoms with Crippen molar-refractivity contribution in [1.82, 2.24) is 0 Å². The molecule has 0 aromatic heterocycles. The van der Waals surface area contributed by atoms with Gasteiger partial charge in [0.25, 0.3) is 0 Å². The van der Waals surface area contributed by atoms with E-state index in [2.05, 4.69) is 50.2 Å². The molecular formula is C17H16. The average Bonchev–Trinajstić information content (AvgIpc) is 2.70. The van der Waals surface area contributed by atoms with Crippen LogP contribution in [0.15, 0.2) is 36.4 Å². The summed E-state index contributed by atoms with van der Waals surface area (Å²) in [5.41, 5.74) is 5.70. The maximum Gasteiger partial charge on any atom is 0.0210 e. The van der Waals surface area contributed by atoms with Gasteiger partial charge in [0.2, 0.25) is 0 Å². The summed E-state index contributed by atoms with van der Waals surface area (Å²) in [4.78, 5) is 0. The molecule has 0 atom stereocenters. The molecule has 0 bridgehead atoms. The molecule has 2 aromatic rings. The summed E-state index contributed by atoms with van der Waals surface area (Å²) in [5, 5.41) is 0. The summed E-state index contributed by atoms with van der Waals surface area (Å²) in [6, 6.07) is 19.4. The Bertz CT molecular complexity index is 500. The molecule has 84 valence electrons. The summed E-state index contributed by atoms with van der Waals surface area (Å²) < 4.78 is 0. The molecule has 0 unspecified atom stereocenters. The molecule has 0 fully saturated rings. The van der Waals surface area contributed by atoms with Crippen molar-refractivity contribution in [1.29, 1.82) is 0 Å². The van der Waals surface area contributed by atoms with Crippen molar-refractivity contribution in [2.75, 3.05) is 0 Å². The molecule has 2 aromatic carbocycles. The molecule has 0 aliphatic heterocycles. The van der Waals surface area contributed by atoms with Crippen molar-refractivity contribution < 1.29 is 0 Å². The summed E-state index contributed by atoms with van der Waals surface area (Å²) >= 11 is 0. The molecule has 0 heteroatoms. The van der Waals surface area contributed by atoms with Gasteiger partial charge in [0.05, 0.1) is 0 Å². The van der Waals surface area contributed by atoms with Gasteiger partial charge in [0.15, 0.2) is 0 Å². The zero-order valence-corrected chi connectivity index (χ0v) is 10.4. The number of benzene rings is 2. The lowest BCUT2D eigenvalue weighted by atomic mass is 9.74. The van der Waals surface area contributed by atoms with Gasteiger partial charge in [-0.2, -0.15) is 0 Å². The number of fused-ring (bicyclic) bond motifs is 3. The lowest BCUT2D eigenvalue weighted by Gasteiger charge is -2.29. The minimum absolute atomic E-state index is 0.181. The van der Waals surface area contributed by atoms with E-state index in [0.29, 0.717) is 0 Å². The first-order valence-corrected chi connectivity index (χ1v) is 6.35. The Morgan fingerprint density at radius 3 is 2.65 bits per heavy atom. The highest BCUT2D eigenvalue weighted by molar-refractivity contribution is 5.80. The van der Waals surface area contributed by atoms with Crippen LogP contribution in [0.2, 0.25) is 0 Å². The van der Waals surface area contributed by atoms with Crippen molar-refractivity contribution in [2.45, 2.75) is 32.1 Å². The first-order valence-electron chi connectivity index (χ1n) is 6.35. The second kappa shape index (κ2) is 3.73. The quantitative estimate of drug-likeness (QED) is 0.704. The van der Waals surface area contributed by atoms with Crippen molar-refractivity contribution in [3.05, 3.63) is 59.7 Å². The lowest BCUT2D eigenvalue weighted by molar-refractivity contribution is 0.490. The normalized spacial score (nSPS) is 15.4. The van der Waals surface area contributed by atoms with Gasteiger partial charge in [-0.15, -0.1) is 0 Å². The highest BCUT2D eigenvalue weighted by Crippen LogP contribution is 2.51. The molecule has 3 rings (SSSR count). The van der Waals surface area contributed by atoms with E-state index in [1.807, 2.05) is 12.1 Å². The molecule has 2 radical (unpaired) electrons. The summed E-state index contributed by atoms with van der Waals surface area (Å²) in [7, 11) is 0. The standard InChI is InChI=1S/C17H16/c1-3-17(4-2)15-11-7-5-9-13(15)14-10-6-8-12-16(14)17/h5-7,10-12H,3-4H2,1-2H3. The molecule has 0 N–H and O–H groups in total. The van der Waals surface area contributed by atoms with E-state index >= 15 is 0 Å². The predicted molar refractivity (Wildman–Crippen MR) is 70.9 cm³/mol. The molecule has 0 amide bonds. The van der Waals surface area contributed by atoms with E-state index in [4.69, 9.17) is 0 Å². The Morgan fingerprint density at radius 1 is 1.06 bits per heavy atom. The average molecular weight is 220 g/mol. The fourth-order valence-electron chi connectivity index (χ4n) is 3.26. The summed E-state index contributed by atoms with van der Waals surface area (Å²) in [6.45, 7) is 4.56. The second-order valence-electron chi connectivity index (χ2n) is 4.72. The molecule has 0 spiro atoms. The van der Waals surface area contributed by atoms with Gasteiger partial charge in [-0.3, -0.25) is 0 Å². The molecule has 1 aliphatic carbocycles. The summed E-state index contributed by atoms with van der Waals surface area (Å²) in [5.74, 6) is 0. The Labute approximate surface area is 103 Å². The van der Waals surface area contributed by atoms with Crippen LogP contribution in [0.3, 0.4) is 0 Å². The fourth-order valence-corrected chi connectivity index (χ4v) is 3.26. The molecule has 1 aliphatic rings. The zero-order valence-electron chi connectivity index (χ0n) is 10.4. The molecule has 0 nitrogen and oxygen atoms in total. The third-order valence-corrected chi connectivity index (χ3v) is 4.23. The van der Waals surface area contributed by atoms with Gasteiger partial charge < -0.3 is 0 Å². The minimum Gasteiger partial charge on any atom is -0.0642 e. The molecule has 0 saturated heterocycles. The summed E-state index contributed by atoms with van der Waals surface area (Å²) in [6.07, 6.45) is 2.28. The van der Waals surface area contributed by atoms with Crippen molar-refractivity contribution >= 4 is 0 Å². The van der Waals surface area contributed by atoms with Crippen LogP contribution in [-0.4, -0.2) is 0 Å². The molecule has 0 saturated carbocycles. The van der Waals surface area contributed by atoms with Crippen molar-refractivity contribution in [3.8, 4) is 11.1 Å². The van der Waals surface area contributed by atoms with E-state index in [-0.39, 0.29) is 5.41 Å². The van der Waals surface area contributed by atoms with Gasteiger partial charge in [0, 0.05) is 5.41 Å². The van der Waals surface area contributed by atoms with Gasteiger partial charge >= 0.3 is 0 Å². The van der Waals surface area contributed by atoms with Crippen LogP contribution in [0.5, 0.6) is 0 Å². The number of hydrogen-bond acceptors (Lipinski definition) is 0. The number of rotatable bonds is 2. The van der Waals surface area contributed by atoms with E-state index in [0.717, 1.165) is 12.8 Å². The Morgan fingerprint density at radius 2 is 1.88 bits per heavy atom. The van der Waals surface area contributed by atoms with Crippen LogP contribution in [0.1, 0.15) is 37.8 Å². The zero-order chi connectivity index (χ0) is 11.9. The maximum atomic E-state index is 3.41. The highest BCUT2D eigenvalue weighted by Gasteiger charge is 2.39. The van der Waals surface area contributed by atoms with Crippen LogP contribution in [-0.2, 0) is 5.41 Å². The van der Waals surface area contributed by atoms with Crippen LogP contribution in [0, 0.1) is 12.1 Å². The largest absolute Gasteiger partial charge is 0.0642 e. The number of hydrogen-bond donors (Lipinski definition) is 0. The Hall–Kier alpha value is -1.56. The van der Waals surface area contributed by atoms with Crippen LogP contribution in [0.4, 0.5) is 0 Å². The van der Waals surface area contributed by atoms with Crippen LogP contribution in [0.25, 0.3) is 11.1 Å². The van der Waals surface area contributed by atoms with E-state index < -0.39 is 0 Å². The molecular weight excluding hydrogens is 204 g/mol. The van der Waals surface area contributed by atoms with Crippen molar-refractivity contribution in [3.63, 3.8) is 0 Å².